The van der Waals surface area contributed by atoms with Crippen molar-refractivity contribution in [3.63, 3.8) is 0 Å². The van der Waals surface area contributed by atoms with Crippen molar-refractivity contribution in [1.82, 2.24) is 0 Å². The lowest BCUT2D eigenvalue weighted by Crippen LogP contribution is -2.93. The summed E-state index contributed by atoms with van der Waals surface area (Å²) in [6.45, 7) is 9.46. The number of rotatable bonds is 4. The van der Waals surface area contributed by atoms with E-state index in [1.54, 1.807) is 14.0 Å². The van der Waals surface area contributed by atoms with Gasteiger partial charge in [0, 0.05) is 7.11 Å². The van der Waals surface area contributed by atoms with E-state index in [4.69, 9.17) is 14.2 Å². The summed E-state index contributed by atoms with van der Waals surface area (Å²) in [6, 6.07) is 0. The van der Waals surface area contributed by atoms with Gasteiger partial charge in [-0.3, -0.25) is 0 Å². The Morgan fingerprint density at radius 3 is 2.11 bits per heavy atom. The van der Waals surface area contributed by atoms with Gasteiger partial charge >= 0.3 is 0 Å². The summed E-state index contributed by atoms with van der Waals surface area (Å²) in [7, 11) is 1.60. The zero-order valence-corrected chi connectivity index (χ0v) is 12.7. The van der Waals surface area contributed by atoms with Gasteiger partial charge < -0.3 is 24.4 Å². The molecule has 3 rings (SSSR count). The molecular weight excluding hydrogens is 248 g/mol. The smallest absolute Gasteiger partial charge is 0.203 e. The second-order valence-electron chi connectivity index (χ2n) is 6.57. The Hall–Kier alpha value is -0.200. The van der Waals surface area contributed by atoms with Gasteiger partial charge in [-0.15, -0.1) is 0 Å². The van der Waals surface area contributed by atoms with Gasteiger partial charge in [0.1, 0.15) is 11.2 Å². The topological polar surface area (TPSA) is 68.2 Å². The third kappa shape index (κ3) is 1.33. The molecule has 0 aromatic rings. The van der Waals surface area contributed by atoms with Crippen molar-refractivity contribution in [3.05, 3.63) is 0 Å². The Morgan fingerprint density at radius 1 is 1.11 bits per heavy atom. The second kappa shape index (κ2) is 3.92. The minimum Gasteiger partial charge on any atom is -0.391 e. The molecule has 0 saturated carbocycles. The van der Waals surface area contributed by atoms with E-state index in [0.717, 1.165) is 0 Å². The quantitative estimate of drug-likeness (QED) is 0.802. The van der Waals surface area contributed by atoms with Crippen LogP contribution in [0.2, 0.25) is 0 Å². The summed E-state index contributed by atoms with van der Waals surface area (Å²) in [5.41, 5.74) is -3.39. The molecule has 19 heavy (non-hydrogen) atoms. The number of aliphatic hydroxyl groups is 2. The number of fused-ring (bicyclic) bond motifs is 2. The Labute approximate surface area is 114 Å². The Morgan fingerprint density at radius 2 is 1.68 bits per heavy atom. The van der Waals surface area contributed by atoms with Crippen LogP contribution < -0.4 is 0 Å². The molecule has 0 amide bonds. The van der Waals surface area contributed by atoms with Crippen LogP contribution >= 0.6 is 0 Å². The highest BCUT2D eigenvalue weighted by molar-refractivity contribution is 5.28. The van der Waals surface area contributed by atoms with E-state index >= 15 is 0 Å². The molecule has 2 bridgehead atoms. The fourth-order valence-electron chi connectivity index (χ4n) is 3.80. The van der Waals surface area contributed by atoms with E-state index in [-0.39, 0.29) is 6.61 Å². The lowest BCUT2D eigenvalue weighted by atomic mass is 9.50. The van der Waals surface area contributed by atoms with Gasteiger partial charge in [0.15, 0.2) is 0 Å². The van der Waals surface area contributed by atoms with Crippen LogP contribution in [-0.2, 0) is 14.2 Å². The van der Waals surface area contributed by atoms with Crippen LogP contribution in [0.3, 0.4) is 0 Å². The van der Waals surface area contributed by atoms with Crippen LogP contribution in [0.4, 0.5) is 0 Å². The predicted octanol–water partition coefficient (Wildman–Crippen LogP) is 1.07. The first-order valence-corrected chi connectivity index (χ1v) is 6.82. The first kappa shape index (κ1) is 15.2. The van der Waals surface area contributed by atoms with Gasteiger partial charge in [-0.1, -0.05) is 6.92 Å². The zero-order chi connectivity index (χ0) is 14.7. The number of aliphatic hydroxyl groups excluding tert-OH is 1. The second-order valence-corrected chi connectivity index (χ2v) is 6.57. The van der Waals surface area contributed by atoms with Gasteiger partial charge in [-0.2, -0.15) is 0 Å². The molecule has 5 heteroatoms. The first-order chi connectivity index (χ1) is 8.60. The van der Waals surface area contributed by atoms with Crippen LogP contribution in [0.25, 0.3) is 0 Å². The standard InChI is InChI=1S/C14H26O5/c1-7-11(3)12(4,16)13(5)10(2,9-17-6)14(8-15,18-11)19-13/h15-16H,7-9H2,1-6H3/t10-,11+,12?,13?,14?/m0/s1. The van der Waals surface area contributed by atoms with Crippen LogP contribution in [0.5, 0.6) is 0 Å². The van der Waals surface area contributed by atoms with Gasteiger partial charge in [-0.25, -0.2) is 0 Å². The normalized spacial score (nSPS) is 56.8. The molecule has 3 unspecified atom stereocenters. The molecule has 0 aromatic carbocycles. The monoisotopic (exact) mass is 274 g/mol. The van der Waals surface area contributed by atoms with Crippen molar-refractivity contribution >= 4 is 0 Å². The Kier molecular flexibility index (Phi) is 3.13. The molecule has 3 aliphatic rings. The number of ether oxygens (including phenoxy) is 3. The van der Waals surface area contributed by atoms with Crippen molar-refractivity contribution in [3.8, 4) is 0 Å². The lowest BCUT2D eigenvalue weighted by Gasteiger charge is -2.78. The molecule has 5 nitrogen and oxygen atoms in total. The molecule has 0 radical (unpaired) electrons. The maximum atomic E-state index is 11.0. The average molecular weight is 274 g/mol. The van der Waals surface area contributed by atoms with Gasteiger partial charge in [0.2, 0.25) is 5.79 Å². The Bertz CT molecular complexity index is 384. The van der Waals surface area contributed by atoms with Crippen molar-refractivity contribution < 1.29 is 24.4 Å². The van der Waals surface area contributed by atoms with E-state index < -0.39 is 28.0 Å². The van der Waals surface area contributed by atoms with Crippen molar-refractivity contribution in [2.45, 2.75) is 63.6 Å². The largest absolute Gasteiger partial charge is 0.391 e. The molecule has 3 fully saturated rings. The van der Waals surface area contributed by atoms with E-state index in [2.05, 4.69) is 0 Å². The fraction of sp³-hybridized carbons (Fsp3) is 1.00. The molecule has 0 aromatic heterocycles. The van der Waals surface area contributed by atoms with E-state index in [1.807, 2.05) is 27.7 Å². The summed E-state index contributed by atoms with van der Waals surface area (Å²) in [6.07, 6.45) is 0.629. The molecule has 2 N–H and O–H groups in total. The molecule has 0 aliphatic carbocycles. The highest BCUT2D eigenvalue weighted by atomic mass is 16.8. The van der Waals surface area contributed by atoms with Gasteiger partial charge in [-0.05, 0) is 34.1 Å². The maximum absolute atomic E-state index is 11.0. The minimum absolute atomic E-state index is 0.256. The molecular formula is C14H26O5. The van der Waals surface area contributed by atoms with Crippen molar-refractivity contribution in [1.29, 1.82) is 0 Å². The molecule has 0 spiro atoms. The van der Waals surface area contributed by atoms with Crippen LogP contribution in [0, 0.1) is 5.41 Å². The number of hydrogen-bond donors (Lipinski definition) is 2. The lowest BCUT2D eigenvalue weighted by molar-refractivity contribution is -0.574. The summed E-state index contributed by atoms with van der Waals surface area (Å²) >= 11 is 0. The molecule has 3 aliphatic heterocycles. The summed E-state index contributed by atoms with van der Waals surface area (Å²) in [4.78, 5) is 0. The third-order valence-corrected chi connectivity index (χ3v) is 5.93. The molecule has 3 heterocycles. The van der Waals surface area contributed by atoms with E-state index in [1.165, 1.54) is 0 Å². The molecule has 112 valence electrons. The van der Waals surface area contributed by atoms with Gasteiger partial charge in [0.25, 0.3) is 0 Å². The van der Waals surface area contributed by atoms with Crippen molar-refractivity contribution in [2.24, 2.45) is 5.41 Å². The number of hydrogen-bond acceptors (Lipinski definition) is 5. The van der Waals surface area contributed by atoms with Crippen LogP contribution in [-0.4, -0.2) is 53.1 Å². The van der Waals surface area contributed by atoms with Crippen LogP contribution in [0.1, 0.15) is 41.0 Å². The summed E-state index contributed by atoms with van der Waals surface area (Å²) in [5.74, 6) is -1.11. The summed E-state index contributed by atoms with van der Waals surface area (Å²) < 4.78 is 17.2. The summed E-state index contributed by atoms with van der Waals surface area (Å²) in [5, 5.41) is 20.8. The minimum atomic E-state index is -1.18. The fourth-order valence-corrected chi connectivity index (χ4v) is 3.80. The van der Waals surface area contributed by atoms with E-state index in [9.17, 15) is 10.2 Å². The third-order valence-electron chi connectivity index (χ3n) is 5.93. The maximum Gasteiger partial charge on any atom is 0.203 e. The molecule has 3 saturated heterocycles. The first-order valence-electron chi connectivity index (χ1n) is 6.82. The van der Waals surface area contributed by atoms with Crippen molar-refractivity contribution in [2.75, 3.05) is 20.3 Å². The average Bonchev–Trinajstić information content (AvgIpc) is 2.35. The van der Waals surface area contributed by atoms with Gasteiger partial charge in [0.05, 0.1) is 24.2 Å². The number of methoxy groups -OCH3 is 1. The SMILES string of the molecule is CC[C@@]1(C)OC2(CO)OC(C)(C1(C)O)[C@]2(C)COC. The Balaban J connectivity index is 2.54. The predicted molar refractivity (Wildman–Crippen MR) is 69.7 cm³/mol. The highest BCUT2D eigenvalue weighted by Gasteiger charge is 2.85. The molecule has 5 atom stereocenters. The van der Waals surface area contributed by atoms with Crippen LogP contribution in [0.15, 0.2) is 0 Å². The van der Waals surface area contributed by atoms with E-state index in [0.29, 0.717) is 13.0 Å². The highest BCUT2D eigenvalue weighted by Crippen LogP contribution is 2.69. The zero-order valence-electron chi connectivity index (χ0n) is 12.7.